The van der Waals surface area contributed by atoms with Gasteiger partial charge in [0.15, 0.2) is 11.8 Å². The first-order valence-electron chi connectivity index (χ1n) is 7.79. The van der Waals surface area contributed by atoms with Gasteiger partial charge in [0, 0.05) is 23.6 Å². The quantitative estimate of drug-likeness (QED) is 0.677. The molecule has 0 unspecified atom stereocenters. The Labute approximate surface area is 148 Å². The number of carbonyl (C=O) groups excluding carboxylic acids is 3. The lowest BCUT2D eigenvalue weighted by atomic mass is 10.2. The highest BCUT2D eigenvalue weighted by Gasteiger charge is 2.21. The minimum Gasteiger partial charge on any atom is -0.448 e. The summed E-state index contributed by atoms with van der Waals surface area (Å²) >= 11 is 0. The Kier molecular flexibility index (Phi) is 4.66. The number of primary amides is 1. The van der Waals surface area contributed by atoms with E-state index in [-0.39, 0.29) is 5.69 Å². The maximum Gasteiger partial charge on any atom is 0.359 e. The van der Waals surface area contributed by atoms with E-state index in [1.165, 1.54) is 37.4 Å². The van der Waals surface area contributed by atoms with Crippen LogP contribution in [0, 0.1) is 0 Å². The van der Waals surface area contributed by atoms with Crippen LogP contribution >= 0.6 is 0 Å². The molecular formula is C18H16N4O4. The lowest BCUT2D eigenvalue weighted by Crippen LogP contribution is -2.30. The Balaban J connectivity index is 1.62. The molecule has 0 saturated heterocycles. The maximum absolute atomic E-state index is 12.2. The minimum atomic E-state index is -1.02. The number of aromatic nitrogens is 2. The van der Waals surface area contributed by atoms with Crippen molar-refractivity contribution in [2.75, 3.05) is 5.32 Å². The number of nitrogens with zero attached hydrogens (tertiary/aromatic N) is 2. The second-order valence-electron chi connectivity index (χ2n) is 5.57. The van der Waals surface area contributed by atoms with Crippen LogP contribution in [0.25, 0.3) is 5.65 Å². The predicted molar refractivity (Wildman–Crippen MR) is 93.7 cm³/mol. The van der Waals surface area contributed by atoms with Crippen LogP contribution in [-0.2, 0) is 9.53 Å². The molecule has 8 heteroatoms. The van der Waals surface area contributed by atoms with E-state index in [0.29, 0.717) is 16.9 Å². The Bertz CT molecular complexity index is 945. The summed E-state index contributed by atoms with van der Waals surface area (Å²) < 4.78 is 6.84. The van der Waals surface area contributed by atoms with Gasteiger partial charge in [0.1, 0.15) is 5.65 Å². The van der Waals surface area contributed by atoms with Crippen LogP contribution in [0.2, 0.25) is 0 Å². The zero-order chi connectivity index (χ0) is 18.7. The van der Waals surface area contributed by atoms with Crippen molar-refractivity contribution in [1.82, 2.24) is 9.38 Å². The van der Waals surface area contributed by atoms with Gasteiger partial charge in [-0.2, -0.15) is 0 Å². The van der Waals surface area contributed by atoms with Gasteiger partial charge in [-0.05, 0) is 43.3 Å². The molecule has 26 heavy (non-hydrogen) atoms. The second kappa shape index (κ2) is 7.06. The third kappa shape index (κ3) is 3.69. The molecule has 0 fully saturated rings. The predicted octanol–water partition coefficient (Wildman–Crippen LogP) is 1.62. The summed E-state index contributed by atoms with van der Waals surface area (Å²) in [4.78, 5) is 39.5. The van der Waals surface area contributed by atoms with Crippen LogP contribution in [0.4, 0.5) is 5.69 Å². The number of rotatable bonds is 5. The van der Waals surface area contributed by atoms with E-state index in [1.807, 2.05) is 6.07 Å². The third-order valence-electron chi connectivity index (χ3n) is 3.66. The standard InChI is InChI=1S/C18H16N4O4/c1-11(17(24)20-13-7-5-12(6-8-13)16(19)23)26-18(25)14-10-22-9-3-2-4-15(22)21-14/h2-11H,1H3,(H2,19,23)(H,20,24)/t11-/m0/s1. The first-order chi connectivity index (χ1) is 12.4. The number of fused-ring (bicyclic) bond motifs is 1. The molecule has 1 aromatic carbocycles. The van der Waals surface area contributed by atoms with E-state index < -0.39 is 23.9 Å². The van der Waals surface area contributed by atoms with Crippen molar-refractivity contribution in [2.24, 2.45) is 5.73 Å². The van der Waals surface area contributed by atoms with E-state index in [2.05, 4.69) is 10.3 Å². The Morgan fingerprint density at radius 2 is 1.88 bits per heavy atom. The number of nitrogens with two attached hydrogens (primary N) is 1. The van der Waals surface area contributed by atoms with Crippen molar-refractivity contribution >= 4 is 29.1 Å². The smallest absolute Gasteiger partial charge is 0.359 e. The molecule has 0 aliphatic rings. The van der Waals surface area contributed by atoms with Gasteiger partial charge < -0.3 is 20.2 Å². The molecule has 1 atom stereocenters. The fraction of sp³-hybridized carbons (Fsp3) is 0.111. The zero-order valence-electron chi connectivity index (χ0n) is 13.9. The highest BCUT2D eigenvalue weighted by molar-refractivity contribution is 5.98. The lowest BCUT2D eigenvalue weighted by Gasteiger charge is -2.12. The van der Waals surface area contributed by atoms with Crippen LogP contribution in [0.5, 0.6) is 0 Å². The summed E-state index contributed by atoms with van der Waals surface area (Å²) in [7, 11) is 0. The van der Waals surface area contributed by atoms with E-state index in [9.17, 15) is 14.4 Å². The number of pyridine rings is 1. The normalized spacial score (nSPS) is 11.7. The minimum absolute atomic E-state index is 0.113. The van der Waals surface area contributed by atoms with Crippen LogP contribution in [0.15, 0.2) is 54.9 Å². The van der Waals surface area contributed by atoms with E-state index in [4.69, 9.17) is 10.5 Å². The van der Waals surface area contributed by atoms with E-state index in [0.717, 1.165) is 0 Å². The van der Waals surface area contributed by atoms with Gasteiger partial charge in [0.2, 0.25) is 5.91 Å². The molecule has 3 aromatic rings. The van der Waals surface area contributed by atoms with E-state index in [1.54, 1.807) is 22.7 Å². The largest absolute Gasteiger partial charge is 0.448 e. The summed E-state index contributed by atoms with van der Waals surface area (Å²) in [6.45, 7) is 1.46. The number of esters is 1. The van der Waals surface area contributed by atoms with Crippen molar-refractivity contribution in [3.63, 3.8) is 0 Å². The summed E-state index contributed by atoms with van der Waals surface area (Å²) in [5, 5.41) is 2.60. The summed E-state index contributed by atoms with van der Waals surface area (Å²) in [5.74, 6) is -1.76. The highest BCUT2D eigenvalue weighted by Crippen LogP contribution is 2.11. The highest BCUT2D eigenvalue weighted by atomic mass is 16.5. The molecular weight excluding hydrogens is 336 g/mol. The molecule has 0 saturated carbocycles. The molecule has 3 rings (SSSR count). The molecule has 2 aromatic heterocycles. The molecule has 132 valence electrons. The van der Waals surface area contributed by atoms with Gasteiger partial charge in [-0.1, -0.05) is 6.07 Å². The fourth-order valence-corrected chi connectivity index (χ4v) is 2.27. The number of hydrogen-bond acceptors (Lipinski definition) is 5. The SMILES string of the molecule is C[C@H](OC(=O)c1cn2ccccc2n1)C(=O)Nc1ccc(C(N)=O)cc1. The first-order valence-corrected chi connectivity index (χ1v) is 7.79. The van der Waals surface area contributed by atoms with Crippen molar-refractivity contribution in [3.05, 3.63) is 66.1 Å². The third-order valence-corrected chi connectivity index (χ3v) is 3.66. The Hall–Kier alpha value is -3.68. The molecule has 0 aliphatic carbocycles. The fourth-order valence-electron chi connectivity index (χ4n) is 2.27. The number of imidazole rings is 1. The maximum atomic E-state index is 12.2. The number of benzene rings is 1. The summed E-state index contributed by atoms with van der Waals surface area (Å²) in [6, 6.07) is 11.4. The van der Waals surface area contributed by atoms with Gasteiger partial charge in [-0.3, -0.25) is 9.59 Å². The summed E-state index contributed by atoms with van der Waals surface area (Å²) in [5.41, 5.74) is 6.66. The number of anilines is 1. The van der Waals surface area contributed by atoms with E-state index >= 15 is 0 Å². The van der Waals surface area contributed by atoms with Crippen molar-refractivity contribution in [2.45, 2.75) is 13.0 Å². The van der Waals surface area contributed by atoms with Crippen LogP contribution in [0.3, 0.4) is 0 Å². The Morgan fingerprint density at radius 1 is 1.15 bits per heavy atom. The molecule has 2 heterocycles. The van der Waals surface area contributed by atoms with Gasteiger partial charge in [-0.15, -0.1) is 0 Å². The van der Waals surface area contributed by atoms with Crippen LogP contribution in [-0.4, -0.2) is 33.3 Å². The Morgan fingerprint density at radius 3 is 2.54 bits per heavy atom. The molecule has 0 spiro atoms. The number of carbonyl (C=O) groups is 3. The number of amides is 2. The van der Waals surface area contributed by atoms with Crippen molar-refractivity contribution in [1.29, 1.82) is 0 Å². The van der Waals surface area contributed by atoms with Gasteiger partial charge in [0.25, 0.3) is 5.91 Å². The first kappa shape index (κ1) is 17.2. The van der Waals surface area contributed by atoms with Crippen molar-refractivity contribution in [3.8, 4) is 0 Å². The van der Waals surface area contributed by atoms with Crippen LogP contribution in [0.1, 0.15) is 27.8 Å². The summed E-state index contributed by atoms with van der Waals surface area (Å²) in [6.07, 6.45) is 2.26. The topological polar surface area (TPSA) is 116 Å². The average molecular weight is 352 g/mol. The van der Waals surface area contributed by atoms with Gasteiger partial charge in [0.05, 0.1) is 0 Å². The molecule has 0 radical (unpaired) electrons. The zero-order valence-corrected chi connectivity index (χ0v) is 13.9. The molecule has 8 nitrogen and oxygen atoms in total. The molecule has 0 bridgehead atoms. The second-order valence-corrected chi connectivity index (χ2v) is 5.57. The van der Waals surface area contributed by atoms with Crippen LogP contribution < -0.4 is 11.1 Å². The molecule has 2 amide bonds. The molecule has 0 aliphatic heterocycles. The molecule has 3 N–H and O–H groups in total. The van der Waals surface area contributed by atoms with Gasteiger partial charge >= 0.3 is 5.97 Å². The number of hydrogen-bond donors (Lipinski definition) is 2. The average Bonchev–Trinajstić information content (AvgIpc) is 3.06. The number of ether oxygens (including phenoxy) is 1. The monoisotopic (exact) mass is 352 g/mol. The lowest BCUT2D eigenvalue weighted by molar-refractivity contribution is -0.123. The van der Waals surface area contributed by atoms with Gasteiger partial charge in [-0.25, -0.2) is 9.78 Å². The number of nitrogens with one attached hydrogen (secondary N) is 1. The van der Waals surface area contributed by atoms with Crippen molar-refractivity contribution < 1.29 is 19.1 Å².